The van der Waals surface area contributed by atoms with E-state index in [0.717, 1.165) is 9.87 Å². The summed E-state index contributed by atoms with van der Waals surface area (Å²) in [6.45, 7) is 0.634. The summed E-state index contributed by atoms with van der Waals surface area (Å²) >= 11 is 0. The zero-order valence-corrected chi connectivity index (χ0v) is 17.4. The number of hydrogen-bond donors (Lipinski definition) is 0. The van der Waals surface area contributed by atoms with Gasteiger partial charge in [0.2, 0.25) is 10.0 Å². The molecule has 3 rings (SSSR count). The number of aromatic nitrogens is 3. The molecule has 2 aromatic carbocycles. The van der Waals surface area contributed by atoms with Crippen molar-refractivity contribution in [3.8, 4) is 5.75 Å². The van der Waals surface area contributed by atoms with Gasteiger partial charge in [0.25, 0.3) is 0 Å². The number of ether oxygens (including phenoxy) is 2. The van der Waals surface area contributed by atoms with Crippen molar-refractivity contribution in [1.82, 2.24) is 19.3 Å². The lowest BCUT2D eigenvalue weighted by molar-refractivity contribution is 0.0443. The first kappa shape index (κ1) is 21.5. The number of rotatable bonds is 9. The number of hydrogen-bond acceptors (Lipinski definition) is 7. The standard InChI is InChI=1S/C20H22N4O5S/c1-23(2)30(26,27)18-10-8-17(9-11-18)28-12-13-29-20(25)19-15-24(22-21-19)14-16-6-4-3-5-7-16/h3-11,15H,12-14H2,1-2H3. The van der Waals surface area contributed by atoms with Gasteiger partial charge in [-0.1, -0.05) is 35.5 Å². The van der Waals surface area contributed by atoms with Gasteiger partial charge in [-0.2, -0.15) is 0 Å². The van der Waals surface area contributed by atoms with E-state index in [9.17, 15) is 13.2 Å². The molecular weight excluding hydrogens is 408 g/mol. The Hall–Kier alpha value is -3.24. The fourth-order valence-electron chi connectivity index (χ4n) is 2.53. The highest BCUT2D eigenvalue weighted by Gasteiger charge is 2.17. The largest absolute Gasteiger partial charge is 0.490 e. The summed E-state index contributed by atoms with van der Waals surface area (Å²) in [6, 6.07) is 15.7. The van der Waals surface area contributed by atoms with Crippen molar-refractivity contribution in [3.63, 3.8) is 0 Å². The Morgan fingerprint density at radius 2 is 1.73 bits per heavy atom. The van der Waals surface area contributed by atoms with Gasteiger partial charge in [0.1, 0.15) is 19.0 Å². The van der Waals surface area contributed by atoms with E-state index in [-0.39, 0.29) is 23.8 Å². The van der Waals surface area contributed by atoms with Crippen LogP contribution in [0.1, 0.15) is 16.1 Å². The molecule has 0 saturated heterocycles. The first-order chi connectivity index (χ1) is 14.4. The van der Waals surface area contributed by atoms with Crippen molar-refractivity contribution < 1.29 is 22.7 Å². The average molecular weight is 430 g/mol. The second kappa shape index (κ2) is 9.51. The van der Waals surface area contributed by atoms with Gasteiger partial charge in [0.15, 0.2) is 5.69 Å². The molecule has 3 aromatic rings. The molecule has 0 amide bonds. The zero-order chi connectivity index (χ0) is 21.6. The monoisotopic (exact) mass is 430 g/mol. The Balaban J connectivity index is 1.45. The Morgan fingerprint density at radius 1 is 1.03 bits per heavy atom. The van der Waals surface area contributed by atoms with Gasteiger partial charge in [-0.05, 0) is 29.8 Å². The Morgan fingerprint density at radius 3 is 2.40 bits per heavy atom. The molecular formula is C20H22N4O5S. The molecule has 0 fully saturated rings. The van der Waals surface area contributed by atoms with Crippen LogP contribution in [0.4, 0.5) is 0 Å². The average Bonchev–Trinajstić information content (AvgIpc) is 3.20. The fraction of sp³-hybridized carbons (Fsp3) is 0.250. The highest BCUT2D eigenvalue weighted by Crippen LogP contribution is 2.18. The number of esters is 1. The maximum Gasteiger partial charge on any atom is 0.360 e. The van der Waals surface area contributed by atoms with Crippen molar-refractivity contribution >= 4 is 16.0 Å². The van der Waals surface area contributed by atoms with Gasteiger partial charge in [0, 0.05) is 14.1 Å². The molecule has 1 heterocycles. The van der Waals surface area contributed by atoms with E-state index in [4.69, 9.17) is 9.47 Å². The van der Waals surface area contributed by atoms with E-state index in [2.05, 4.69) is 10.3 Å². The fourth-order valence-corrected chi connectivity index (χ4v) is 3.43. The summed E-state index contributed by atoms with van der Waals surface area (Å²) in [6.07, 6.45) is 1.53. The Labute approximate surface area is 174 Å². The van der Waals surface area contributed by atoms with Gasteiger partial charge in [-0.3, -0.25) is 0 Å². The second-order valence-corrected chi connectivity index (χ2v) is 8.68. The van der Waals surface area contributed by atoms with E-state index < -0.39 is 16.0 Å². The molecule has 0 saturated carbocycles. The highest BCUT2D eigenvalue weighted by molar-refractivity contribution is 7.89. The molecule has 0 atom stereocenters. The van der Waals surface area contributed by atoms with Crippen molar-refractivity contribution in [1.29, 1.82) is 0 Å². The number of carbonyl (C=O) groups excluding carboxylic acids is 1. The van der Waals surface area contributed by atoms with Crippen molar-refractivity contribution in [3.05, 3.63) is 72.1 Å². The van der Waals surface area contributed by atoms with Crippen LogP contribution < -0.4 is 4.74 Å². The predicted molar refractivity (Wildman–Crippen MR) is 109 cm³/mol. The molecule has 0 aliphatic carbocycles. The SMILES string of the molecule is CN(C)S(=O)(=O)c1ccc(OCCOC(=O)c2cn(Cc3ccccc3)nn2)cc1. The third kappa shape index (κ3) is 5.43. The van der Waals surface area contributed by atoms with Crippen LogP contribution in [0, 0.1) is 0 Å². The Bertz CT molecular complexity index is 1080. The maximum absolute atomic E-state index is 12.1. The number of carbonyl (C=O) groups is 1. The minimum absolute atomic E-state index is 0.0160. The third-order valence-electron chi connectivity index (χ3n) is 4.12. The van der Waals surface area contributed by atoms with E-state index in [1.165, 1.54) is 32.4 Å². The van der Waals surface area contributed by atoms with Crippen LogP contribution in [0.25, 0.3) is 0 Å². The summed E-state index contributed by atoms with van der Waals surface area (Å²) in [5.74, 6) is -0.122. The van der Waals surface area contributed by atoms with Gasteiger partial charge in [-0.25, -0.2) is 22.2 Å². The molecule has 10 heteroatoms. The van der Waals surface area contributed by atoms with Crippen LogP contribution in [0.2, 0.25) is 0 Å². The zero-order valence-electron chi connectivity index (χ0n) is 16.6. The first-order valence-electron chi connectivity index (χ1n) is 9.13. The van der Waals surface area contributed by atoms with Crippen molar-refractivity contribution in [2.24, 2.45) is 0 Å². The molecule has 9 nitrogen and oxygen atoms in total. The summed E-state index contributed by atoms with van der Waals surface area (Å²) in [5.41, 5.74) is 1.16. The molecule has 0 spiro atoms. The summed E-state index contributed by atoms with van der Waals surface area (Å²) in [5, 5.41) is 7.76. The summed E-state index contributed by atoms with van der Waals surface area (Å²) in [4.78, 5) is 12.2. The molecule has 0 aliphatic rings. The quantitative estimate of drug-likeness (QED) is 0.377. The minimum atomic E-state index is -3.49. The van der Waals surface area contributed by atoms with Crippen LogP contribution in [0.3, 0.4) is 0 Å². The van der Waals surface area contributed by atoms with Gasteiger partial charge < -0.3 is 9.47 Å². The first-order valence-corrected chi connectivity index (χ1v) is 10.6. The smallest absolute Gasteiger partial charge is 0.360 e. The van der Waals surface area contributed by atoms with E-state index in [0.29, 0.717) is 12.3 Å². The van der Waals surface area contributed by atoms with Gasteiger partial charge in [-0.15, -0.1) is 5.10 Å². The summed E-state index contributed by atoms with van der Waals surface area (Å²) in [7, 11) is -0.552. The normalized spacial score (nSPS) is 11.4. The van der Waals surface area contributed by atoms with E-state index in [1.807, 2.05) is 30.3 Å². The molecule has 30 heavy (non-hydrogen) atoms. The molecule has 0 N–H and O–H groups in total. The van der Waals surface area contributed by atoms with E-state index in [1.54, 1.807) is 16.8 Å². The van der Waals surface area contributed by atoms with Crippen LogP contribution in [0.15, 0.2) is 65.7 Å². The molecule has 0 unspecified atom stereocenters. The van der Waals surface area contributed by atoms with Crippen LogP contribution in [-0.4, -0.2) is 61.0 Å². The lowest BCUT2D eigenvalue weighted by atomic mass is 10.2. The molecule has 0 radical (unpaired) electrons. The van der Waals surface area contributed by atoms with Crippen LogP contribution >= 0.6 is 0 Å². The highest BCUT2D eigenvalue weighted by atomic mass is 32.2. The lowest BCUT2D eigenvalue weighted by Crippen LogP contribution is -2.22. The Kier molecular flexibility index (Phi) is 6.80. The molecule has 158 valence electrons. The van der Waals surface area contributed by atoms with Gasteiger partial charge in [0.05, 0.1) is 17.6 Å². The third-order valence-corrected chi connectivity index (χ3v) is 5.95. The van der Waals surface area contributed by atoms with Crippen molar-refractivity contribution in [2.45, 2.75) is 11.4 Å². The van der Waals surface area contributed by atoms with E-state index >= 15 is 0 Å². The predicted octanol–water partition coefficient (Wildman–Crippen LogP) is 1.81. The van der Waals surface area contributed by atoms with Crippen molar-refractivity contribution in [2.75, 3.05) is 27.3 Å². The lowest BCUT2D eigenvalue weighted by Gasteiger charge is -2.12. The maximum atomic E-state index is 12.1. The second-order valence-electron chi connectivity index (χ2n) is 6.53. The van der Waals surface area contributed by atoms with Crippen LogP contribution in [-0.2, 0) is 21.3 Å². The summed E-state index contributed by atoms with van der Waals surface area (Å²) < 4.78 is 37.4. The number of nitrogens with zero attached hydrogens (tertiary/aromatic N) is 4. The number of sulfonamides is 1. The molecule has 1 aromatic heterocycles. The number of benzene rings is 2. The van der Waals surface area contributed by atoms with Crippen LogP contribution in [0.5, 0.6) is 5.75 Å². The topological polar surface area (TPSA) is 104 Å². The molecule has 0 bridgehead atoms. The van der Waals surface area contributed by atoms with Gasteiger partial charge >= 0.3 is 5.97 Å². The minimum Gasteiger partial charge on any atom is -0.490 e. The molecule has 0 aliphatic heterocycles.